The molecular formula is C12H16BrNO2. The van der Waals surface area contributed by atoms with Crippen LogP contribution in [0.25, 0.3) is 0 Å². The maximum Gasteiger partial charge on any atom is 0.0584 e. The Morgan fingerprint density at radius 2 is 2.12 bits per heavy atom. The van der Waals surface area contributed by atoms with E-state index in [0.29, 0.717) is 13.2 Å². The molecular weight excluding hydrogens is 270 g/mol. The number of aliphatic hydroxyl groups is 1. The molecule has 0 aliphatic carbocycles. The summed E-state index contributed by atoms with van der Waals surface area (Å²) in [6.07, 6.45) is 0. The highest BCUT2D eigenvalue weighted by molar-refractivity contribution is 9.10. The largest absolute Gasteiger partial charge is 0.396 e. The molecule has 0 spiro atoms. The van der Waals surface area contributed by atoms with Crippen molar-refractivity contribution in [3.63, 3.8) is 0 Å². The van der Waals surface area contributed by atoms with E-state index in [1.807, 2.05) is 25.2 Å². The van der Waals surface area contributed by atoms with Gasteiger partial charge in [0, 0.05) is 18.1 Å². The van der Waals surface area contributed by atoms with Gasteiger partial charge in [0.25, 0.3) is 0 Å². The van der Waals surface area contributed by atoms with Gasteiger partial charge in [-0.2, -0.15) is 0 Å². The van der Waals surface area contributed by atoms with Crippen LogP contribution in [0, 0.1) is 5.41 Å². The summed E-state index contributed by atoms with van der Waals surface area (Å²) in [5.74, 6) is 0. The Balaban J connectivity index is 2.08. The predicted molar refractivity (Wildman–Crippen MR) is 67.7 cm³/mol. The molecule has 16 heavy (non-hydrogen) atoms. The standard InChI is InChI=1S/C12H16BrNO2/c1-14(6-12(7-15)8-16-9-12)11-5-3-2-4-10(11)13/h2-5,15H,6-9H2,1H3. The number of hydrogen-bond acceptors (Lipinski definition) is 3. The maximum atomic E-state index is 9.38. The lowest BCUT2D eigenvalue weighted by Crippen LogP contribution is -2.52. The van der Waals surface area contributed by atoms with Crippen LogP contribution in [0.2, 0.25) is 0 Å². The summed E-state index contributed by atoms with van der Waals surface area (Å²) in [6.45, 7) is 2.30. The van der Waals surface area contributed by atoms with E-state index in [-0.39, 0.29) is 12.0 Å². The quantitative estimate of drug-likeness (QED) is 0.917. The smallest absolute Gasteiger partial charge is 0.0584 e. The SMILES string of the molecule is CN(CC1(CO)COC1)c1ccccc1Br. The van der Waals surface area contributed by atoms with Crippen molar-refractivity contribution in [2.75, 3.05) is 38.3 Å². The summed E-state index contributed by atoms with van der Waals surface area (Å²) in [7, 11) is 2.04. The number of hydrogen-bond donors (Lipinski definition) is 1. The van der Waals surface area contributed by atoms with Crippen LogP contribution in [0.15, 0.2) is 28.7 Å². The predicted octanol–water partition coefficient (Wildman–Crippen LogP) is 1.89. The van der Waals surface area contributed by atoms with Gasteiger partial charge in [-0.3, -0.25) is 0 Å². The van der Waals surface area contributed by atoms with E-state index >= 15 is 0 Å². The highest BCUT2D eigenvalue weighted by Crippen LogP contribution is 2.31. The first kappa shape index (κ1) is 11.9. The third-order valence-electron chi connectivity index (χ3n) is 2.99. The number of ether oxygens (including phenoxy) is 1. The summed E-state index contributed by atoms with van der Waals surface area (Å²) in [5, 5.41) is 9.38. The molecule has 1 saturated heterocycles. The van der Waals surface area contributed by atoms with Gasteiger partial charge >= 0.3 is 0 Å². The van der Waals surface area contributed by atoms with E-state index in [1.54, 1.807) is 0 Å². The Labute approximate surface area is 104 Å². The maximum absolute atomic E-state index is 9.38. The fourth-order valence-electron chi connectivity index (χ4n) is 1.97. The molecule has 1 heterocycles. The number of rotatable bonds is 4. The zero-order valence-electron chi connectivity index (χ0n) is 9.32. The van der Waals surface area contributed by atoms with E-state index in [9.17, 15) is 5.11 Å². The Hall–Kier alpha value is -0.580. The molecule has 2 rings (SSSR count). The van der Waals surface area contributed by atoms with Crippen molar-refractivity contribution in [3.8, 4) is 0 Å². The number of anilines is 1. The molecule has 1 N–H and O–H groups in total. The van der Waals surface area contributed by atoms with E-state index in [4.69, 9.17) is 4.74 Å². The molecule has 0 bridgehead atoms. The van der Waals surface area contributed by atoms with Crippen molar-refractivity contribution in [2.45, 2.75) is 0 Å². The topological polar surface area (TPSA) is 32.7 Å². The normalized spacial score (nSPS) is 17.9. The van der Waals surface area contributed by atoms with E-state index in [1.165, 1.54) is 0 Å². The summed E-state index contributed by atoms with van der Waals surface area (Å²) < 4.78 is 6.27. The molecule has 0 saturated carbocycles. The summed E-state index contributed by atoms with van der Waals surface area (Å²) in [6, 6.07) is 8.10. The highest BCUT2D eigenvalue weighted by Gasteiger charge is 2.39. The van der Waals surface area contributed by atoms with Crippen molar-refractivity contribution in [1.82, 2.24) is 0 Å². The minimum atomic E-state index is -0.0793. The van der Waals surface area contributed by atoms with Crippen LogP contribution >= 0.6 is 15.9 Å². The molecule has 0 amide bonds. The molecule has 1 fully saturated rings. The zero-order chi connectivity index (χ0) is 11.6. The second kappa shape index (κ2) is 4.73. The molecule has 3 nitrogen and oxygen atoms in total. The van der Waals surface area contributed by atoms with Gasteiger partial charge in [0.2, 0.25) is 0 Å². The van der Waals surface area contributed by atoms with E-state index < -0.39 is 0 Å². The zero-order valence-corrected chi connectivity index (χ0v) is 10.9. The van der Waals surface area contributed by atoms with Crippen LogP contribution in [0.5, 0.6) is 0 Å². The second-order valence-electron chi connectivity index (χ2n) is 4.46. The van der Waals surface area contributed by atoms with Crippen molar-refractivity contribution in [2.24, 2.45) is 5.41 Å². The molecule has 1 aromatic carbocycles. The first-order valence-corrected chi connectivity index (χ1v) is 6.10. The molecule has 1 aromatic rings. The Morgan fingerprint density at radius 3 is 2.62 bits per heavy atom. The fourth-order valence-corrected chi connectivity index (χ4v) is 2.56. The summed E-state index contributed by atoms with van der Waals surface area (Å²) in [5.41, 5.74) is 1.06. The second-order valence-corrected chi connectivity index (χ2v) is 5.31. The summed E-state index contributed by atoms with van der Waals surface area (Å²) >= 11 is 3.53. The van der Waals surface area contributed by atoms with E-state index in [0.717, 1.165) is 16.7 Å². The van der Waals surface area contributed by atoms with Crippen LogP contribution in [0.3, 0.4) is 0 Å². The lowest BCUT2D eigenvalue weighted by Gasteiger charge is -2.43. The first-order chi connectivity index (χ1) is 7.67. The molecule has 1 aliphatic heterocycles. The van der Waals surface area contributed by atoms with Crippen molar-refractivity contribution >= 4 is 21.6 Å². The highest BCUT2D eigenvalue weighted by atomic mass is 79.9. The molecule has 4 heteroatoms. The van der Waals surface area contributed by atoms with Gasteiger partial charge in [-0.15, -0.1) is 0 Å². The van der Waals surface area contributed by atoms with Crippen LogP contribution in [-0.4, -0.2) is 38.5 Å². The number of para-hydroxylation sites is 1. The third kappa shape index (κ3) is 2.24. The van der Waals surface area contributed by atoms with Gasteiger partial charge in [-0.05, 0) is 28.1 Å². The van der Waals surface area contributed by atoms with Crippen molar-refractivity contribution < 1.29 is 9.84 Å². The lowest BCUT2D eigenvalue weighted by molar-refractivity contribution is -0.130. The van der Waals surface area contributed by atoms with Crippen molar-refractivity contribution in [1.29, 1.82) is 0 Å². The number of benzene rings is 1. The van der Waals surface area contributed by atoms with Gasteiger partial charge in [-0.1, -0.05) is 12.1 Å². The molecule has 0 atom stereocenters. The van der Waals surface area contributed by atoms with Crippen LogP contribution < -0.4 is 4.90 Å². The minimum absolute atomic E-state index is 0.0793. The Kier molecular flexibility index (Phi) is 3.52. The van der Waals surface area contributed by atoms with Crippen LogP contribution in [-0.2, 0) is 4.74 Å². The molecule has 0 radical (unpaired) electrons. The number of aliphatic hydroxyl groups excluding tert-OH is 1. The molecule has 0 unspecified atom stereocenters. The van der Waals surface area contributed by atoms with Crippen LogP contribution in [0.4, 0.5) is 5.69 Å². The first-order valence-electron chi connectivity index (χ1n) is 5.31. The average Bonchev–Trinajstić information content (AvgIpc) is 2.24. The third-order valence-corrected chi connectivity index (χ3v) is 3.66. The molecule has 88 valence electrons. The van der Waals surface area contributed by atoms with Crippen molar-refractivity contribution in [3.05, 3.63) is 28.7 Å². The average molecular weight is 286 g/mol. The monoisotopic (exact) mass is 285 g/mol. The van der Waals surface area contributed by atoms with Gasteiger partial charge in [0.15, 0.2) is 0 Å². The molecule has 0 aromatic heterocycles. The van der Waals surface area contributed by atoms with E-state index in [2.05, 4.69) is 26.9 Å². The fraction of sp³-hybridized carbons (Fsp3) is 0.500. The number of halogens is 1. The number of nitrogens with zero attached hydrogens (tertiary/aromatic N) is 1. The van der Waals surface area contributed by atoms with Gasteiger partial charge in [-0.25, -0.2) is 0 Å². The van der Waals surface area contributed by atoms with Gasteiger partial charge < -0.3 is 14.7 Å². The minimum Gasteiger partial charge on any atom is -0.396 e. The molecule has 1 aliphatic rings. The van der Waals surface area contributed by atoms with Gasteiger partial charge in [0.05, 0.1) is 30.9 Å². The Morgan fingerprint density at radius 1 is 1.44 bits per heavy atom. The van der Waals surface area contributed by atoms with Crippen LogP contribution in [0.1, 0.15) is 0 Å². The van der Waals surface area contributed by atoms with Gasteiger partial charge in [0.1, 0.15) is 0 Å². The Bertz CT molecular complexity index is 360. The lowest BCUT2D eigenvalue weighted by atomic mass is 9.86. The summed E-state index contributed by atoms with van der Waals surface area (Å²) in [4.78, 5) is 2.16.